The lowest BCUT2D eigenvalue weighted by atomic mass is 9.95. The van der Waals surface area contributed by atoms with Crippen molar-refractivity contribution in [1.82, 2.24) is 4.90 Å². The van der Waals surface area contributed by atoms with Crippen LogP contribution in [0.15, 0.2) is 54.6 Å². The van der Waals surface area contributed by atoms with Crippen LogP contribution in [0.2, 0.25) is 0 Å². The molecule has 1 saturated heterocycles. The van der Waals surface area contributed by atoms with Crippen LogP contribution in [0.3, 0.4) is 0 Å². The molecular weight excluding hydrogens is 364 g/mol. The molecule has 3 rings (SSSR count). The minimum Gasteiger partial charge on any atom is -0.462 e. The lowest BCUT2D eigenvalue weighted by molar-refractivity contribution is -0.121. The third-order valence-corrected chi connectivity index (χ3v) is 5.33. The summed E-state index contributed by atoms with van der Waals surface area (Å²) in [6.45, 7) is 5.28. The largest absolute Gasteiger partial charge is 0.462 e. The number of amides is 1. The number of carbonyl (C=O) groups excluding carboxylic acids is 2. The van der Waals surface area contributed by atoms with E-state index < -0.39 is 0 Å². The van der Waals surface area contributed by atoms with Gasteiger partial charge in [-0.3, -0.25) is 9.69 Å². The van der Waals surface area contributed by atoms with E-state index in [-0.39, 0.29) is 17.8 Å². The molecule has 0 saturated carbocycles. The van der Waals surface area contributed by atoms with Gasteiger partial charge < -0.3 is 10.1 Å². The minimum absolute atomic E-state index is 0.0284. The fraction of sp³-hybridized carbons (Fsp3) is 0.417. The van der Waals surface area contributed by atoms with E-state index in [1.54, 1.807) is 24.3 Å². The summed E-state index contributed by atoms with van der Waals surface area (Å²) in [5, 5.41) is 2.99. The Morgan fingerprint density at radius 3 is 2.38 bits per heavy atom. The number of anilines is 1. The second-order valence-electron chi connectivity index (χ2n) is 7.59. The third kappa shape index (κ3) is 6.43. The molecule has 1 amide bonds. The van der Waals surface area contributed by atoms with Crippen LogP contribution in [0.1, 0.15) is 48.5 Å². The van der Waals surface area contributed by atoms with Crippen molar-refractivity contribution in [1.29, 1.82) is 0 Å². The Hall–Kier alpha value is -2.66. The normalized spacial score (nSPS) is 15.1. The average Bonchev–Trinajstić information content (AvgIpc) is 2.75. The van der Waals surface area contributed by atoms with Gasteiger partial charge in [0.1, 0.15) is 0 Å². The summed E-state index contributed by atoms with van der Waals surface area (Å²) in [6, 6.07) is 17.4. The number of hydrogen-bond acceptors (Lipinski definition) is 4. The molecule has 2 aromatic rings. The number of unbranched alkanes of at least 4 members (excludes halogenated alkanes) is 1. The van der Waals surface area contributed by atoms with Crippen molar-refractivity contribution in [2.24, 2.45) is 5.92 Å². The van der Waals surface area contributed by atoms with Gasteiger partial charge in [0.15, 0.2) is 0 Å². The smallest absolute Gasteiger partial charge is 0.338 e. The molecule has 0 bridgehead atoms. The molecule has 1 aliphatic rings. The van der Waals surface area contributed by atoms with E-state index in [1.807, 2.05) is 6.07 Å². The van der Waals surface area contributed by atoms with Gasteiger partial charge in [-0.25, -0.2) is 4.79 Å². The highest BCUT2D eigenvalue weighted by molar-refractivity contribution is 5.94. The zero-order valence-corrected chi connectivity index (χ0v) is 17.1. The molecule has 29 heavy (non-hydrogen) atoms. The first kappa shape index (κ1) is 21.1. The van der Waals surface area contributed by atoms with Gasteiger partial charge in [-0.2, -0.15) is 0 Å². The van der Waals surface area contributed by atoms with Crippen molar-refractivity contribution >= 4 is 17.6 Å². The fourth-order valence-corrected chi connectivity index (χ4v) is 3.52. The van der Waals surface area contributed by atoms with E-state index >= 15 is 0 Å². The maximum absolute atomic E-state index is 12.6. The van der Waals surface area contributed by atoms with Gasteiger partial charge in [-0.05, 0) is 62.2 Å². The zero-order chi connectivity index (χ0) is 20.5. The number of esters is 1. The van der Waals surface area contributed by atoms with Crippen molar-refractivity contribution in [2.45, 2.75) is 39.2 Å². The van der Waals surface area contributed by atoms with Crippen LogP contribution in [0, 0.1) is 5.92 Å². The van der Waals surface area contributed by atoms with Gasteiger partial charge in [0.05, 0.1) is 12.2 Å². The summed E-state index contributed by atoms with van der Waals surface area (Å²) in [4.78, 5) is 27.0. The molecule has 5 nitrogen and oxygen atoms in total. The number of rotatable bonds is 8. The van der Waals surface area contributed by atoms with E-state index in [4.69, 9.17) is 4.74 Å². The van der Waals surface area contributed by atoms with E-state index in [9.17, 15) is 9.59 Å². The topological polar surface area (TPSA) is 58.6 Å². The van der Waals surface area contributed by atoms with Crippen molar-refractivity contribution in [3.8, 4) is 0 Å². The van der Waals surface area contributed by atoms with E-state index in [1.165, 1.54) is 5.56 Å². The predicted octanol–water partition coefficient (Wildman–Crippen LogP) is 4.49. The number of carbonyl (C=O) groups is 2. The Balaban J connectivity index is 1.44. The molecule has 1 aliphatic heterocycles. The zero-order valence-electron chi connectivity index (χ0n) is 17.1. The Morgan fingerprint density at radius 2 is 1.72 bits per heavy atom. The predicted molar refractivity (Wildman–Crippen MR) is 115 cm³/mol. The summed E-state index contributed by atoms with van der Waals surface area (Å²) >= 11 is 0. The third-order valence-electron chi connectivity index (χ3n) is 5.33. The van der Waals surface area contributed by atoms with Crippen molar-refractivity contribution < 1.29 is 14.3 Å². The number of likely N-dealkylation sites (tertiary alicyclic amines) is 1. The van der Waals surface area contributed by atoms with E-state index in [2.05, 4.69) is 41.4 Å². The molecule has 1 heterocycles. The summed E-state index contributed by atoms with van der Waals surface area (Å²) in [7, 11) is 0. The highest BCUT2D eigenvalue weighted by Gasteiger charge is 2.25. The van der Waals surface area contributed by atoms with Crippen LogP contribution in [0.25, 0.3) is 0 Å². The molecule has 0 unspecified atom stereocenters. The Bertz CT molecular complexity index is 782. The van der Waals surface area contributed by atoms with Gasteiger partial charge in [0, 0.05) is 18.2 Å². The van der Waals surface area contributed by atoms with Gasteiger partial charge in [0.25, 0.3) is 0 Å². The molecule has 2 aromatic carbocycles. The lowest BCUT2D eigenvalue weighted by Gasteiger charge is -2.31. The second kappa shape index (κ2) is 10.8. The number of hydrogen-bond donors (Lipinski definition) is 1. The van der Waals surface area contributed by atoms with Crippen LogP contribution in [-0.4, -0.2) is 36.5 Å². The maximum Gasteiger partial charge on any atom is 0.338 e. The molecular formula is C24H30N2O3. The van der Waals surface area contributed by atoms with Gasteiger partial charge >= 0.3 is 5.97 Å². The number of nitrogens with zero attached hydrogens (tertiary/aromatic N) is 1. The highest BCUT2D eigenvalue weighted by Crippen LogP contribution is 2.21. The Kier molecular flexibility index (Phi) is 7.82. The summed E-state index contributed by atoms with van der Waals surface area (Å²) in [5.41, 5.74) is 2.53. The number of piperidine rings is 1. The van der Waals surface area contributed by atoms with Crippen molar-refractivity contribution in [2.75, 3.05) is 25.0 Å². The maximum atomic E-state index is 12.6. The second-order valence-corrected chi connectivity index (χ2v) is 7.59. The molecule has 0 atom stereocenters. The fourth-order valence-electron chi connectivity index (χ4n) is 3.52. The molecule has 0 aliphatic carbocycles. The molecule has 1 N–H and O–H groups in total. The number of ether oxygens (including phenoxy) is 1. The van der Waals surface area contributed by atoms with Gasteiger partial charge in [-0.15, -0.1) is 0 Å². The first-order chi connectivity index (χ1) is 14.2. The molecule has 0 radical (unpaired) electrons. The highest BCUT2D eigenvalue weighted by atomic mass is 16.5. The molecule has 154 valence electrons. The van der Waals surface area contributed by atoms with E-state index in [0.29, 0.717) is 17.9 Å². The molecule has 1 fully saturated rings. The number of benzene rings is 2. The minimum atomic E-state index is -0.317. The Morgan fingerprint density at radius 1 is 1.03 bits per heavy atom. The van der Waals surface area contributed by atoms with Crippen molar-refractivity contribution in [3.05, 3.63) is 65.7 Å². The summed E-state index contributed by atoms with van der Waals surface area (Å²) in [5.74, 6) is -0.231. The standard InChI is InChI=1S/C24H30N2O3/c1-2-3-17-29-24(28)21-9-11-22(12-10-21)25-23(27)20-13-15-26(16-14-20)18-19-7-5-4-6-8-19/h4-12,20H,2-3,13-18H2,1H3,(H,25,27). The lowest BCUT2D eigenvalue weighted by Crippen LogP contribution is -2.37. The van der Waals surface area contributed by atoms with Gasteiger partial charge in [0.2, 0.25) is 5.91 Å². The van der Waals surface area contributed by atoms with Crippen LogP contribution in [-0.2, 0) is 16.1 Å². The average molecular weight is 395 g/mol. The van der Waals surface area contributed by atoms with Gasteiger partial charge in [-0.1, -0.05) is 43.7 Å². The first-order valence-corrected chi connectivity index (χ1v) is 10.5. The van der Waals surface area contributed by atoms with E-state index in [0.717, 1.165) is 45.3 Å². The monoisotopic (exact) mass is 394 g/mol. The Labute approximate surface area is 173 Å². The molecule has 0 aromatic heterocycles. The quantitative estimate of drug-likeness (QED) is 0.529. The van der Waals surface area contributed by atoms with Crippen LogP contribution >= 0.6 is 0 Å². The summed E-state index contributed by atoms with van der Waals surface area (Å²) < 4.78 is 5.21. The number of nitrogens with one attached hydrogen (secondary N) is 1. The van der Waals surface area contributed by atoms with Crippen LogP contribution in [0.4, 0.5) is 5.69 Å². The van der Waals surface area contributed by atoms with Crippen LogP contribution in [0.5, 0.6) is 0 Å². The molecule has 0 spiro atoms. The molecule has 5 heteroatoms. The summed E-state index contributed by atoms with van der Waals surface area (Å²) in [6.07, 6.45) is 3.58. The van der Waals surface area contributed by atoms with Crippen molar-refractivity contribution in [3.63, 3.8) is 0 Å². The SMILES string of the molecule is CCCCOC(=O)c1ccc(NC(=O)C2CCN(Cc3ccccc3)CC2)cc1. The van der Waals surface area contributed by atoms with Crippen LogP contribution < -0.4 is 5.32 Å². The first-order valence-electron chi connectivity index (χ1n) is 10.5.